The minimum Gasteiger partial charge on any atom is -0.493 e. The number of hydrogen-bond donors (Lipinski definition) is 3. The van der Waals surface area contributed by atoms with Crippen LogP contribution in [0.2, 0.25) is 0 Å². The number of benzene rings is 2. The molecule has 2 atom stereocenters. The van der Waals surface area contributed by atoms with Crippen LogP contribution in [0.1, 0.15) is 46.1 Å². The van der Waals surface area contributed by atoms with Crippen molar-refractivity contribution in [1.82, 2.24) is 5.32 Å². The van der Waals surface area contributed by atoms with Gasteiger partial charge in [-0.05, 0) is 66.3 Å². The predicted octanol–water partition coefficient (Wildman–Crippen LogP) is 5.46. The molecule has 3 rings (SSSR count). The zero-order chi connectivity index (χ0) is 19.2. The molecule has 0 fully saturated rings. The molecule has 2 aromatic carbocycles. The highest BCUT2D eigenvalue weighted by Gasteiger charge is 2.18. The minimum absolute atomic E-state index is 0.104. The number of ether oxygens (including phenoxy) is 1. The van der Waals surface area contributed by atoms with Gasteiger partial charge in [-0.2, -0.15) is 0 Å². The van der Waals surface area contributed by atoms with E-state index in [0.29, 0.717) is 5.92 Å². The first-order valence-electron chi connectivity index (χ1n) is 10.3. The van der Waals surface area contributed by atoms with Crippen LogP contribution in [0.3, 0.4) is 0 Å². The normalized spacial score (nSPS) is 16.4. The van der Waals surface area contributed by atoms with Crippen molar-refractivity contribution in [2.45, 2.75) is 53.2 Å². The molecule has 0 spiro atoms. The maximum atomic E-state index is 6.08. The Hall–Kier alpha value is -2.20. The minimum atomic E-state index is 0.104. The van der Waals surface area contributed by atoms with Crippen LogP contribution in [0.4, 0.5) is 11.4 Å². The Bertz CT molecular complexity index is 759. The number of nitrogens with one attached hydrogen (secondary N) is 3. The second-order valence-corrected chi connectivity index (χ2v) is 7.37. The van der Waals surface area contributed by atoms with Gasteiger partial charge in [0.1, 0.15) is 5.75 Å². The summed E-state index contributed by atoms with van der Waals surface area (Å²) in [6, 6.07) is 13.1. The fourth-order valence-electron chi connectivity index (χ4n) is 3.37. The first kappa shape index (κ1) is 19.6. The molecule has 2 aromatic rings. The zero-order valence-corrected chi connectivity index (χ0v) is 17.1. The highest BCUT2D eigenvalue weighted by molar-refractivity contribution is 5.81. The van der Waals surface area contributed by atoms with Crippen LogP contribution in [0.25, 0.3) is 11.1 Å². The van der Waals surface area contributed by atoms with Crippen LogP contribution in [0.15, 0.2) is 36.4 Å². The highest BCUT2D eigenvalue weighted by Crippen LogP contribution is 2.34. The first-order chi connectivity index (χ1) is 13.1. The van der Waals surface area contributed by atoms with Gasteiger partial charge in [-0.15, -0.1) is 0 Å². The lowest BCUT2D eigenvalue weighted by Crippen LogP contribution is -2.38. The molecule has 1 aliphatic rings. The Morgan fingerprint density at radius 3 is 2.48 bits per heavy atom. The van der Waals surface area contributed by atoms with Crippen molar-refractivity contribution in [2.24, 2.45) is 5.92 Å². The van der Waals surface area contributed by atoms with Gasteiger partial charge in [-0.1, -0.05) is 46.2 Å². The summed E-state index contributed by atoms with van der Waals surface area (Å²) < 4.78 is 6.08. The Morgan fingerprint density at radius 1 is 1.00 bits per heavy atom. The molecule has 0 aromatic heterocycles. The molecule has 0 radical (unpaired) electrons. The number of anilines is 2. The Kier molecular flexibility index (Phi) is 6.62. The van der Waals surface area contributed by atoms with Crippen LogP contribution in [0, 0.1) is 5.92 Å². The molecule has 0 amide bonds. The Morgan fingerprint density at radius 2 is 1.74 bits per heavy atom. The molecular weight excluding hydrogens is 334 g/mol. The van der Waals surface area contributed by atoms with Gasteiger partial charge < -0.3 is 15.4 Å². The second kappa shape index (κ2) is 9.14. The fraction of sp³-hybridized carbons (Fsp3) is 0.478. The molecule has 0 bridgehead atoms. The van der Waals surface area contributed by atoms with E-state index in [1.807, 2.05) is 0 Å². The van der Waals surface area contributed by atoms with Gasteiger partial charge in [0.25, 0.3) is 0 Å². The van der Waals surface area contributed by atoms with Crippen molar-refractivity contribution < 1.29 is 4.74 Å². The summed E-state index contributed by atoms with van der Waals surface area (Å²) >= 11 is 0. The molecular formula is C23H33N3O. The monoisotopic (exact) mass is 367 g/mol. The quantitative estimate of drug-likeness (QED) is 0.550. The number of fused-ring (bicyclic) bond motifs is 1. The molecule has 4 nitrogen and oxygen atoms in total. The molecule has 1 aliphatic heterocycles. The lowest BCUT2D eigenvalue weighted by Gasteiger charge is -2.14. The van der Waals surface area contributed by atoms with Gasteiger partial charge >= 0.3 is 0 Å². The summed E-state index contributed by atoms with van der Waals surface area (Å²) in [6.45, 7) is 10.5. The van der Waals surface area contributed by atoms with E-state index in [1.165, 1.54) is 23.1 Å². The third-order valence-corrected chi connectivity index (χ3v) is 5.37. The van der Waals surface area contributed by atoms with Crippen molar-refractivity contribution in [3.63, 3.8) is 0 Å². The molecule has 2 unspecified atom stereocenters. The van der Waals surface area contributed by atoms with Gasteiger partial charge in [0.15, 0.2) is 6.29 Å². The van der Waals surface area contributed by atoms with E-state index in [9.17, 15) is 0 Å². The highest BCUT2D eigenvalue weighted by atomic mass is 16.5. The third-order valence-electron chi connectivity index (χ3n) is 5.37. The van der Waals surface area contributed by atoms with Crippen LogP contribution in [-0.2, 0) is 6.42 Å². The molecule has 1 heterocycles. The summed E-state index contributed by atoms with van der Waals surface area (Å²) in [6.07, 6.45) is 3.39. The molecule has 0 aliphatic carbocycles. The van der Waals surface area contributed by atoms with Gasteiger partial charge in [0.2, 0.25) is 0 Å². The zero-order valence-electron chi connectivity index (χ0n) is 17.1. The number of hydrogen-bond acceptors (Lipinski definition) is 4. The maximum Gasteiger partial charge on any atom is 0.153 e. The van der Waals surface area contributed by atoms with Crippen LogP contribution < -0.4 is 20.7 Å². The first-order valence-corrected chi connectivity index (χ1v) is 10.3. The number of aryl methyl sites for hydroxylation is 1. The van der Waals surface area contributed by atoms with Gasteiger partial charge in [-0.25, -0.2) is 0 Å². The molecule has 0 saturated carbocycles. The fourth-order valence-corrected chi connectivity index (χ4v) is 3.37. The average molecular weight is 368 g/mol. The maximum absolute atomic E-state index is 6.08. The van der Waals surface area contributed by atoms with E-state index in [0.717, 1.165) is 43.1 Å². The van der Waals surface area contributed by atoms with Crippen molar-refractivity contribution in [1.29, 1.82) is 0 Å². The molecule has 0 saturated heterocycles. The van der Waals surface area contributed by atoms with E-state index in [-0.39, 0.29) is 6.29 Å². The Balaban J connectivity index is 1.73. The van der Waals surface area contributed by atoms with Crippen LogP contribution in [0.5, 0.6) is 5.75 Å². The molecule has 146 valence electrons. The lowest BCUT2D eigenvalue weighted by molar-refractivity contribution is 0.279. The van der Waals surface area contributed by atoms with Crippen molar-refractivity contribution in [2.75, 3.05) is 23.8 Å². The average Bonchev–Trinajstić information content (AvgIpc) is 3.09. The largest absolute Gasteiger partial charge is 0.493 e. The molecule has 27 heavy (non-hydrogen) atoms. The second-order valence-electron chi connectivity index (χ2n) is 7.37. The molecule has 4 heteroatoms. The molecule has 3 N–H and O–H groups in total. The predicted molar refractivity (Wildman–Crippen MR) is 116 cm³/mol. The summed E-state index contributed by atoms with van der Waals surface area (Å²) in [4.78, 5) is 0. The van der Waals surface area contributed by atoms with E-state index in [1.54, 1.807) is 0 Å². The Labute approximate surface area is 163 Å². The smallest absolute Gasteiger partial charge is 0.153 e. The topological polar surface area (TPSA) is 45.3 Å². The van der Waals surface area contributed by atoms with Crippen molar-refractivity contribution in [3.05, 3.63) is 42.0 Å². The van der Waals surface area contributed by atoms with E-state index >= 15 is 0 Å². The van der Waals surface area contributed by atoms with E-state index in [2.05, 4.69) is 80.0 Å². The van der Waals surface area contributed by atoms with Crippen LogP contribution in [-0.4, -0.2) is 19.4 Å². The van der Waals surface area contributed by atoms with Crippen molar-refractivity contribution >= 4 is 11.4 Å². The van der Waals surface area contributed by atoms with E-state index < -0.39 is 0 Å². The van der Waals surface area contributed by atoms with Gasteiger partial charge in [0.05, 0.1) is 18.0 Å². The third kappa shape index (κ3) is 4.75. The van der Waals surface area contributed by atoms with Gasteiger partial charge in [0, 0.05) is 0 Å². The van der Waals surface area contributed by atoms with Crippen molar-refractivity contribution in [3.8, 4) is 16.9 Å². The summed E-state index contributed by atoms with van der Waals surface area (Å²) in [7, 11) is 0. The summed E-state index contributed by atoms with van der Waals surface area (Å²) in [5, 5.41) is 10.3. The van der Waals surface area contributed by atoms with Gasteiger partial charge in [-0.3, -0.25) is 5.32 Å². The van der Waals surface area contributed by atoms with Crippen LogP contribution >= 0.6 is 0 Å². The number of rotatable bonds is 9. The summed E-state index contributed by atoms with van der Waals surface area (Å²) in [5.74, 6) is 1.74. The summed E-state index contributed by atoms with van der Waals surface area (Å²) in [5.41, 5.74) is 6.02. The SMILES string of the molecule is CCNC1Nc2ccc(-c3ccc(OCCC(C)CC)c(CC)c3)cc2N1. The lowest BCUT2D eigenvalue weighted by atomic mass is 10.0. The van der Waals surface area contributed by atoms with E-state index in [4.69, 9.17) is 4.74 Å². The standard InChI is InChI=1S/C23H33N3O/c1-5-16(4)12-13-27-22-11-9-18(14-17(22)6-2)19-8-10-20-21(15-19)26-23(25-20)24-7-3/h8-11,14-16,23-26H,5-7,12-13H2,1-4H3.